The van der Waals surface area contributed by atoms with Crippen LogP contribution >= 0.6 is 0 Å². The summed E-state index contributed by atoms with van der Waals surface area (Å²) >= 11 is 0. The fourth-order valence-corrected chi connectivity index (χ4v) is 4.24. The lowest BCUT2D eigenvalue weighted by atomic mass is 10.0. The lowest BCUT2D eigenvalue weighted by molar-refractivity contribution is -0.118. The van der Waals surface area contributed by atoms with Gasteiger partial charge in [-0.25, -0.2) is 22.0 Å². The van der Waals surface area contributed by atoms with Gasteiger partial charge in [0.25, 0.3) is 0 Å². The molecule has 3 rings (SSSR count). The summed E-state index contributed by atoms with van der Waals surface area (Å²) < 4.78 is 60.9. The number of rotatable bonds is 7. The van der Waals surface area contributed by atoms with E-state index >= 15 is 0 Å². The van der Waals surface area contributed by atoms with Gasteiger partial charge in [0.1, 0.15) is 6.04 Å². The summed E-state index contributed by atoms with van der Waals surface area (Å²) in [5.74, 6) is -3.63. The van der Waals surface area contributed by atoms with Crippen molar-refractivity contribution in [3.8, 4) is 0 Å². The summed E-state index contributed by atoms with van der Waals surface area (Å²) in [5, 5.41) is 2.39. The fourth-order valence-electron chi connectivity index (χ4n) is 3.02. The van der Waals surface area contributed by atoms with Crippen molar-refractivity contribution in [3.05, 3.63) is 58.6 Å². The second-order valence-electron chi connectivity index (χ2n) is 7.48. The Morgan fingerprint density at radius 2 is 1.84 bits per heavy atom. The molecule has 0 aliphatic heterocycles. The molecular formula is C20H21F2N3O5S. The number of hydrogen-bond acceptors (Lipinski definition) is 5. The van der Waals surface area contributed by atoms with Gasteiger partial charge in [-0.1, -0.05) is 13.8 Å². The van der Waals surface area contributed by atoms with Gasteiger partial charge >= 0.3 is 5.76 Å². The van der Waals surface area contributed by atoms with Gasteiger partial charge in [0, 0.05) is 24.9 Å². The third kappa shape index (κ3) is 5.00. The fraction of sp³-hybridized carbons (Fsp3) is 0.300. The first-order valence-corrected chi connectivity index (χ1v) is 10.8. The van der Waals surface area contributed by atoms with Crippen LogP contribution in [0, 0.1) is 17.6 Å². The maximum Gasteiger partial charge on any atom is 0.419 e. The van der Waals surface area contributed by atoms with Crippen molar-refractivity contribution >= 4 is 32.7 Å². The average Bonchev–Trinajstić information content (AvgIpc) is 2.97. The lowest BCUT2D eigenvalue weighted by Gasteiger charge is -2.20. The predicted octanol–water partition coefficient (Wildman–Crippen LogP) is 2.74. The number of nitrogens with one attached hydrogen (secondary N) is 2. The average molecular weight is 453 g/mol. The van der Waals surface area contributed by atoms with Gasteiger partial charge < -0.3 is 9.73 Å². The molecule has 3 aromatic rings. The monoisotopic (exact) mass is 453 g/mol. The first kappa shape index (κ1) is 22.6. The molecule has 2 N–H and O–H groups in total. The van der Waals surface area contributed by atoms with Crippen LogP contribution in [-0.2, 0) is 21.9 Å². The van der Waals surface area contributed by atoms with Crippen molar-refractivity contribution in [1.29, 1.82) is 0 Å². The Labute approximate surface area is 176 Å². The summed E-state index contributed by atoms with van der Waals surface area (Å²) in [4.78, 5) is 24.1. The number of aromatic nitrogens is 1. The Morgan fingerprint density at radius 3 is 2.48 bits per heavy atom. The number of oxazole rings is 1. The normalized spacial score (nSPS) is 13.0. The van der Waals surface area contributed by atoms with Crippen LogP contribution in [0.2, 0.25) is 0 Å². The summed E-state index contributed by atoms with van der Waals surface area (Å²) in [6, 6.07) is 5.56. The summed E-state index contributed by atoms with van der Waals surface area (Å²) in [6.07, 6.45) is 0.150. The molecule has 1 amide bonds. The molecule has 0 spiro atoms. The largest absolute Gasteiger partial charge is 0.419 e. The van der Waals surface area contributed by atoms with E-state index in [1.165, 1.54) is 35.9 Å². The van der Waals surface area contributed by atoms with Gasteiger partial charge in [-0.2, -0.15) is 4.72 Å². The maximum atomic E-state index is 13.4. The van der Waals surface area contributed by atoms with Crippen LogP contribution in [0.5, 0.6) is 0 Å². The van der Waals surface area contributed by atoms with Crippen molar-refractivity contribution in [1.82, 2.24) is 9.29 Å². The van der Waals surface area contributed by atoms with E-state index in [0.717, 1.165) is 12.1 Å². The van der Waals surface area contributed by atoms with Crippen LogP contribution in [0.4, 0.5) is 14.5 Å². The van der Waals surface area contributed by atoms with E-state index < -0.39 is 39.4 Å². The zero-order valence-electron chi connectivity index (χ0n) is 17.0. The van der Waals surface area contributed by atoms with Crippen LogP contribution in [0.25, 0.3) is 11.1 Å². The van der Waals surface area contributed by atoms with E-state index in [2.05, 4.69) is 10.0 Å². The van der Waals surface area contributed by atoms with E-state index in [1.807, 2.05) is 0 Å². The van der Waals surface area contributed by atoms with E-state index in [9.17, 15) is 26.8 Å². The summed E-state index contributed by atoms with van der Waals surface area (Å²) in [5.41, 5.74) is 0.491. The molecule has 11 heteroatoms. The first-order valence-electron chi connectivity index (χ1n) is 9.36. The number of carbonyl (C=O) groups is 1. The SMILES string of the molecule is CC(C)C[C@H](NS(=O)(=O)c1ccc2c(c1)oc(=O)n2C)C(=O)Nc1ccc(F)c(F)c1. The molecule has 166 valence electrons. The standard InChI is InChI=1S/C20H21F2N3O5S/c1-11(2)8-16(19(26)23-12-4-6-14(21)15(22)9-12)24-31(28,29)13-5-7-17-18(10-13)30-20(27)25(17)3/h4-7,9-11,16,24H,8H2,1-3H3,(H,23,26)/t16-/m0/s1. The first-order chi connectivity index (χ1) is 14.5. The number of carbonyl (C=O) groups excluding carboxylic acids is 1. The Bertz CT molecular complexity index is 1300. The Balaban J connectivity index is 1.87. The van der Waals surface area contributed by atoms with Crippen LogP contribution < -0.4 is 15.8 Å². The molecular weight excluding hydrogens is 432 g/mol. The number of benzene rings is 2. The molecule has 8 nitrogen and oxygen atoms in total. The minimum atomic E-state index is -4.17. The number of aryl methyl sites for hydroxylation is 1. The number of anilines is 1. The second-order valence-corrected chi connectivity index (χ2v) is 9.19. The number of sulfonamides is 1. The molecule has 31 heavy (non-hydrogen) atoms. The molecule has 2 aromatic carbocycles. The van der Waals surface area contributed by atoms with Crippen molar-refractivity contribution in [2.45, 2.75) is 31.2 Å². The third-order valence-corrected chi connectivity index (χ3v) is 6.05. The molecule has 0 aliphatic carbocycles. The molecule has 0 saturated carbocycles. The van der Waals surface area contributed by atoms with Crippen molar-refractivity contribution in [3.63, 3.8) is 0 Å². The lowest BCUT2D eigenvalue weighted by Crippen LogP contribution is -2.44. The molecule has 1 aromatic heterocycles. The van der Waals surface area contributed by atoms with Crippen LogP contribution in [0.1, 0.15) is 20.3 Å². The van der Waals surface area contributed by atoms with Gasteiger partial charge in [-0.05, 0) is 36.6 Å². The van der Waals surface area contributed by atoms with Crippen molar-refractivity contribution in [2.24, 2.45) is 13.0 Å². The quantitative estimate of drug-likeness (QED) is 0.572. The van der Waals surface area contributed by atoms with E-state index in [1.54, 1.807) is 13.8 Å². The van der Waals surface area contributed by atoms with Gasteiger partial charge in [0.2, 0.25) is 15.9 Å². The Morgan fingerprint density at radius 1 is 1.13 bits per heavy atom. The minimum absolute atomic E-state index is 0.00988. The highest BCUT2D eigenvalue weighted by molar-refractivity contribution is 7.89. The molecule has 0 bridgehead atoms. The highest BCUT2D eigenvalue weighted by Crippen LogP contribution is 2.20. The number of halogens is 2. The zero-order valence-corrected chi connectivity index (χ0v) is 17.8. The zero-order chi connectivity index (χ0) is 22.9. The van der Waals surface area contributed by atoms with Crippen molar-refractivity contribution in [2.75, 3.05) is 5.32 Å². The molecule has 1 heterocycles. The summed E-state index contributed by atoms with van der Waals surface area (Å²) in [7, 11) is -2.68. The number of amides is 1. The van der Waals surface area contributed by atoms with Crippen molar-refractivity contribution < 1.29 is 26.4 Å². The molecule has 0 unspecified atom stereocenters. The number of hydrogen-bond donors (Lipinski definition) is 2. The predicted molar refractivity (Wildman–Crippen MR) is 110 cm³/mol. The van der Waals surface area contributed by atoms with Crippen LogP contribution in [0.3, 0.4) is 0 Å². The molecule has 0 fully saturated rings. The van der Waals surface area contributed by atoms with E-state index in [4.69, 9.17) is 4.42 Å². The molecule has 0 aliphatic rings. The molecule has 1 atom stereocenters. The Kier molecular flexibility index (Phi) is 6.27. The topological polar surface area (TPSA) is 110 Å². The van der Waals surface area contributed by atoms with Gasteiger partial charge in [-0.15, -0.1) is 0 Å². The van der Waals surface area contributed by atoms with E-state index in [-0.39, 0.29) is 28.5 Å². The third-order valence-electron chi connectivity index (χ3n) is 4.58. The van der Waals surface area contributed by atoms with Gasteiger partial charge in [0.15, 0.2) is 17.2 Å². The van der Waals surface area contributed by atoms with Gasteiger partial charge in [0.05, 0.1) is 10.4 Å². The van der Waals surface area contributed by atoms with E-state index in [0.29, 0.717) is 5.52 Å². The van der Waals surface area contributed by atoms with Crippen LogP contribution in [-0.4, -0.2) is 24.9 Å². The maximum absolute atomic E-state index is 13.4. The number of fused-ring (bicyclic) bond motifs is 1. The highest BCUT2D eigenvalue weighted by Gasteiger charge is 2.27. The molecule has 0 saturated heterocycles. The molecule has 0 radical (unpaired) electrons. The number of nitrogens with zero attached hydrogens (tertiary/aromatic N) is 1. The second kappa shape index (κ2) is 8.60. The Hall–Kier alpha value is -3.05. The smallest absolute Gasteiger partial charge is 0.408 e. The highest BCUT2D eigenvalue weighted by atomic mass is 32.2. The minimum Gasteiger partial charge on any atom is -0.408 e. The summed E-state index contributed by atoms with van der Waals surface area (Å²) in [6.45, 7) is 3.60. The van der Waals surface area contributed by atoms with Crippen LogP contribution in [0.15, 0.2) is 50.5 Å². The van der Waals surface area contributed by atoms with Gasteiger partial charge in [-0.3, -0.25) is 9.36 Å².